The second-order valence-corrected chi connectivity index (χ2v) is 14.7. The maximum Gasteiger partial charge on any atom is 0.136 e. The molecule has 0 bridgehead atoms. The topological polar surface area (TPSA) is 13.1 Å². The Morgan fingerprint density at radius 1 is 0.315 bits per heavy atom. The van der Waals surface area contributed by atoms with E-state index in [2.05, 4.69) is 194 Å². The van der Waals surface area contributed by atoms with Crippen molar-refractivity contribution in [3.05, 3.63) is 216 Å². The van der Waals surface area contributed by atoms with Gasteiger partial charge in [-0.05, 0) is 112 Å². The second-order valence-electron chi connectivity index (χ2n) is 14.7. The Hall–Kier alpha value is -6.96. The van der Waals surface area contributed by atoms with E-state index in [1.165, 1.54) is 88.0 Å². The Morgan fingerprint density at radius 3 is 1.54 bits per heavy atom. The van der Waals surface area contributed by atoms with Gasteiger partial charge in [0.05, 0.1) is 5.41 Å². The van der Waals surface area contributed by atoms with Crippen LogP contribution in [0.1, 0.15) is 22.3 Å². The molecule has 1 nitrogen and oxygen atoms in total. The monoisotopic (exact) mass is 684 g/mol. The molecule has 0 radical (unpaired) electrons. The maximum absolute atomic E-state index is 6.70. The molecule has 0 atom stereocenters. The van der Waals surface area contributed by atoms with E-state index in [0.717, 1.165) is 21.9 Å². The lowest BCUT2D eigenvalue weighted by Crippen LogP contribution is -2.28. The zero-order chi connectivity index (χ0) is 35.4. The lowest BCUT2D eigenvalue weighted by atomic mass is 9.67. The summed E-state index contributed by atoms with van der Waals surface area (Å²) in [7, 11) is 0. The smallest absolute Gasteiger partial charge is 0.136 e. The van der Waals surface area contributed by atoms with Crippen LogP contribution in [0.2, 0.25) is 0 Å². The standard InChI is InChI=1S/C53H32O/c1-4-12-33(13-5-1)39-25-20-34-23-28-43-40(26-21-35-22-27-42(39)51(34)52(35)43)36-24-29-49-45(30-36)46-31-48-44(32-50(46)54-49)41-18-10-11-19-47(41)53(48,37-14-6-2-7-15-37)38-16-8-3-9-17-38/h1-32H. The summed E-state index contributed by atoms with van der Waals surface area (Å²) in [5.41, 5.74) is 13.9. The summed E-state index contributed by atoms with van der Waals surface area (Å²) >= 11 is 0. The summed E-state index contributed by atoms with van der Waals surface area (Å²) in [6.45, 7) is 0. The van der Waals surface area contributed by atoms with Crippen molar-refractivity contribution in [2.24, 2.45) is 0 Å². The summed E-state index contributed by atoms with van der Waals surface area (Å²) < 4.78 is 6.70. The minimum Gasteiger partial charge on any atom is -0.456 e. The molecular formula is C53H32O. The number of furan rings is 1. The van der Waals surface area contributed by atoms with Gasteiger partial charge in [-0.15, -0.1) is 0 Å². The molecule has 250 valence electrons. The van der Waals surface area contributed by atoms with Crippen molar-refractivity contribution in [3.63, 3.8) is 0 Å². The van der Waals surface area contributed by atoms with Gasteiger partial charge in [0.25, 0.3) is 0 Å². The summed E-state index contributed by atoms with van der Waals surface area (Å²) in [5, 5.41) is 10.0. The third-order valence-electron chi connectivity index (χ3n) is 12.1. The largest absolute Gasteiger partial charge is 0.456 e. The van der Waals surface area contributed by atoms with Gasteiger partial charge in [0.15, 0.2) is 0 Å². The van der Waals surface area contributed by atoms with Crippen molar-refractivity contribution < 1.29 is 4.42 Å². The van der Waals surface area contributed by atoms with Crippen LogP contribution >= 0.6 is 0 Å². The predicted octanol–water partition coefficient (Wildman–Crippen LogP) is 14.2. The summed E-state index contributed by atoms with van der Waals surface area (Å²) in [5.74, 6) is 0. The van der Waals surface area contributed by atoms with Gasteiger partial charge in [0.2, 0.25) is 0 Å². The predicted molar refractivity (Wildman–Crippen MR) is 226 cm³/mol. The summed E-state index contributed by atoms with van der Waals surface area (Å²) in [6, 6.07) is 71.5. The van der Waals surface area contributed by atoms with Gasteiger partial charge in [0, 0.05) is 10.8 Å². The SMILES string of the molecule is c1ccc(-c2ccc3ccc4c(-c5ccc6oc7cc8c(cc7c6c5)C(c5ccccc5)(c5ccccc5)c5ccccc5-8)ccc5ccc2c3c54)cc1. The molecule has 0 N–H and O–H groups in total. The normalized spacial score (nSPS) is 13.3. The molecule has 1 heteroatoms. The lowest BCUT2D eigenvalue weighted by Gasteiger charge is -2.33. The number of hydrogen-bond acceptors (Lipinski definition) is 1. The lowest BCUT2D eigenvalue weighted by molar-refractivity contribution is 0.668. The molecule has 1 heterocycles. The van der Waals surface area contributed by atoms with Crippen LogP contribution in [0.25, 0.3) is 87.6 Å². The van der Waals surface area contributed by atoms with E-state index in [1.54, 1.807) is 0 Å². The molecule has 54 heavy (non-hydrogen) atoms. The fourth-order valence-electron chi connectivity index (χ4n) is 9.80. The van der Waals surface area contributed by atoms with Gasteiger partial charge in [-0.25, -0.2) is 0 Å². The van der Waals surface area contributed by atoms with Crippen LogP contribution in [0.3, 0.4) is 0 Å². The second kappa shape index (κ2) is 11.0. The minimum atomic E-state index is -0.464. The maximum atomic E-state index is 6.70. The third-order valence-corrected chi connectivity index (χ3v) is 12.1. The van der Waals surface area contributed by atoms with Crippen molar-refractivity contribution in [2.75, 3.05) is 0 Å². The number of rotatable bonds is 4. The molecule has 1 aliphatic carbocycles. The molecule has 10 aromatic carbocycles. The molecular weight excluding hydrogens is 653 g/mol. The average molecular weight is 685 g/mol. The fourth-order valence-corrected chi connectivity index (χ4v) is 9.80. The molecule has 0 unspecified atom stereocenters. The zero-order valence-electron chi connectivity index (χ0n) is 29.4. The molecule has 0 fully saturated rings. The molecule has 0 amide bonds. The van der Waals surface area contributed by atoms with E-state index in [0.29, 0.717) is 0 Å². The van der Waals surface area contributed by atoms with E-state index in [9.17, 15) is 0 Å². The van der Waals surface area contributed by atoms with Crippen molar-refractivity contribution in [1.29, 1.82) is 0 Å². The zero-order valence-corrected chi connectivity index (χ0v) is 29.4. The van der Waals surface area contributed by atoms with E-state index >= 15 is 0 Å². The quantitative estimate of drug-likeness (QED) is 0.168. The highest BCUT2D eigenvalue weighted by Gasteiger charge is 2.46. The molecule has 1 aliphatic rings. The van der Waals surface area contributed by atoms with Crippen molar-refractivity contribution in [3.8, 4) is 33.4 Å². The number of hydrogen-bond donors (Lipinski definition) is 0. The first-order valence-electron chi connectivity index (χ1n) is 18.8. The van der Waals surface area contributed by atoms with Gasteiger partial charge in [0.1, 0.15) is 11.2 Å². The van der Waals surface area contributed by atoms with Gasteiger partial charge in [-0.2, -0.15) is 0 Å². The van der Waals surface area contributed by atoms with Crippen LogP contribution in [0.5, 0.6) is 0 Å². The Balaban J connectivity index is 1.10. The average Bonchev–Trinajstić information content (AvgIpc) is 3.75. The Labute approximate surface area is 312 Å². The van der Waals surface area contributed by atoms with Gasteiger partial charge >= 0.3 is 0 Å². The van der Waals surface area contributed by atoms with Gasteiger partial charge in [-0.3, -0.25) is 0 Å². The molecule has 0 saturated heterocycles. The van der Waals surface area contributed by atoms with Crippen LogP contribution in [-0.4, -0.2) is 0 Å². The third kappa shape index (κ3) is 3.93. The Morgan fingerprint density at radius 2 is 0.870 bits per heavy atom. The highest BCUT2D eigenvalue weighted by molar-refractivity contribution is 6.27. The van der Waals surface area contributed by atoms with Crippen molar-refractivity contribution in [1.82, 2.24) is 0 Å². The Kier molecular flexibility index (Phi) is 6.04. The molecule has 0 saturated carbocycles. The first-order chi connectivity index (χ1) is 26.8. The molecule has 0 spiro atoms. The van der Waals surface area contributed by atoms with E-state index in [4.69, 9.17) is 4.42 Å². The van der Waals surface area contributed by atoms with E-state index in [-0.39, 0.29) is 0 Å². The highest BCUT2D eigenvalue weighted by atomic mass is 16.3. The molecule has 0 aliphatic heterocycles. The molecule has 12 rings (SSSR count). The summed E-state index contributed by atoms with van der Waals surface area (Å²) in [4.78, 5) is 0. The van der Waals surface area contributed by atoms with Crippen molar-refractivity contribution >= 4 is 54.3 Å². The first-order valence-corrected chi connectivity index (χ1v) is 18.8. The summed E-state index contributed by atoms with van der Waals surface area (Å²) in [6.07, 6.45) is 0. The van der Waals surface area contributed by atoms with Gasteiger partial charge in [-0.1, -0.05) is 170 Å². The van der Waals surface area contributed by atoms with Crippen molar-refractivity contribution in [2.45, 2.75) is 5.41 Å². The first kappa shape index (κ1) is 29.6. The van der Waals surface area contributed by atoms with Crippen LogP contribution in [0.15, 0.2) is 199 Å². The fraction of sp³-hybridized carbons (Fsp3) is 0.0189. The number of benzene rings is 10. The van der Waals surface area contributed by atoms with Crippen LogP contribution < -0.4 is 0 Å². The Bertz CT molecular complexity index is 3200. The van der Waals surface area contributed by atoms with Crippen LogP contribution in [-0.2, 0) is 5.41 Å². The minimum absolute atomic E-state index is 0.464. The van der Waals surface area contributed by atoms with Crippen LogP contribution in [0, 0.1) is 0 Å². The molecule has 1 aromatic heterocycles. The van der Waals surface area contributed by atoms with Crippen LogP contribution in [0.4, 0.5) is 0 Å². The van der Waals surface area contributed by atoms with Gasteiger partial charge < -0.3 is 4.42 Å². The number of fused-ring (bicyclic) bond motifs is 6. The van der Waals surface area contributed by atoms with E-state index < -0.39 is 5.41 Å². The highest BCUT2D eigenvalue weighted by Crippen LogP contribution is 2.57. The molecule has 11 aromatic rings. The van der Waals surface area contributed by atoms with E-state index in [1.807, 2.05) is 0 Å².